The van der Waals surface area contributed by atoms with Gasteiger partial charge in [0, 0.05) is 11.0 Å². The highest BCUT2D eigenvalue weighted by Gasteiger charge is 2.35. The Morgan fingerprint density at radius 2 is 1.56 bits per heavy atom. The first-order valence-electron chi connectivity index (χ1n) is 9.09. The first kappa shape index (κ1) is 17.5. The van der Waals surface area contributed by atoms with E-state index >= 15 is 0 Å². The van der Waals surface area contributed by atoms with E-state index in [1.54, 1.807) is 6.92 Å². The van der Waals surface area contributed by atoms with Crippen LogP contribution in [-0.4, -0.2) is 5.97 Å². The second-order valence-electron chi connectivity index (χ2n) is 7.06. The van der Waals surface area contributed by atoms with Crippen molar-refractivity contribution in [1.29, 1.82) is 0 Å². The number of benzene rings is 2. The fourth-order valence-electron chi connectivity index (χ4n) is 3.85. The van der Waals surface area contributed by atoms with Gasteiger partial charge in [-0.2, -0.15) is 0 Å². The molecule has 0 amide bonds. The number of hydrogen-bond acceptors (Lipinski definition) is 2. The fraction of sp³-hybridized carbons (Fsp3) is 0.348. The molecule has 1 fully saturated rings. The van der Waals surface area contributed by atoms with Gasteiger partial charge >= 0.3 is 5.97 Å². The third-order valence-electron chi connectivity index (χ3n) is 5.26. The average Bonchev–Trinajstić information content (AvgIpc) is 2.67. The van der Waals surface area contributed by atoms with Crippen LogP contribution in [0.2, 0.25) is 0 Å². The van der Waals surface area contributed by atoms with Gasteiger partial charge in [0.2, 0.25) is 0 Å². The van der Waals surface area contributed by atoms with Crippen molar-refractivity contribution >= 4 is 5.97 Å². The van der Waals surface area contributed by atoms with E-state index in [0.717, 1.165) is 5.56 Å². The maximum atomic E-state index is 11.5. The Kier molecular flexibility index (Phi) is 5.37. The molecule has 0 atom stereocenters. The lowest BCUT2D eigenvalue weighted by molar-refractivity contribution is -0.140. The number of ether oxygens (including phenoxy) is 1. The Bertz CT molecular complexity index is 722. The van der Waals surface area contributed by atoms with Crippen LogP contribution in [0.15, 0.2) is 66.7 Å². The maximum Gasteiger partial charge on any atom is 0.333 e. The third-order valence-corrected chi connectivity index (χ3v) is 5.26. The van der Waals surface area contributed by atoms with Crippen LogP contribution in [-0.2, 0) is 21.6 Å². The molecule has 2 aromatic rings. The first-order chi connectivity index (χ1) is 12.1. The van der Waals surface area contributed by atoms with Gasteiger partial charge < -0.3 is 4.74 Å². The second kappa shape index (κ2) is 7.69. The van der Waals surface area contributed by atoms with Crippen LogP contribution in [0.25, 0.3) is 0 Å². The molecule has 0 bridgehead atoms. The van der Waals surface area contributed by atoms with Crippen LogP contribution in [0.5, 0.6) is 0 Å². The summed E-state index contributed by atoms with van der Waals surface area (Å²) >= 11 is 0. The topological polar surface area (TPSA) is 26.3 Å². The quantitative estimate of drug-likeness (QED) is 0.529. The van der Waals surface area contributed by atoms with Crippen molar-refractivity contribution in [1.82, 2.24) is 0 Å². The van der Waals surface area contributed by atoms with Crippen LogP contribution in [0.4, 0.5) is 0 Å². The minimum atomic E-state index is -0.336. The highest BCUT2D eigenvalue weighted by molar-refractivity contribution is 5.86. The minimum Gasteiger partial charge on any atom is -0.457 e. The summed E-state index contributed by atoms with van der Waals surface area (Å²) in [5.41, 5.74) is 4.34. The largest absolute Gasteiger partial charge is 0.457 e. The molecular formula is C23H26O2. The average molecular weight is 334 g/mol. The molecule has 0 N–H and O–H groups in total. The maximum absolute atomic E-state index is 11.5. The van der Waals surface area contributed by atoms with Crippen molar-refractivity contribution in [2.24, 2.45) is 0 Å². The summed E-state index contributed by atoms with van der Waals surface area (Å²) < 4.78 is 5.25. The number of carbonyl (C=O) groups excluding carboxylic acids is 1. The molecule has 1 saturated carbocycles. The van der Waals surface area contributed by atoms with Crippen molar-refractivity contribution in [2.75, 3.05) is 0 Å². The zero-order valence-corrected chi connectivity index (χ0v) is 15.0. The summed E-state index contributed by atoms with van der Waals surface area (Å²) in [4.78, 5) is 11.5. The molecule has 0 aliphatic heterocycles. The molecule has 0 spiro atoms. The van der Waals surface area contributed by atoms with E-state index in [0.29, 0.717) is 12.2 Å². The van der Waals surface area contributed by atoms with E-state index in [-0.39, 0.29) is 11.4 Å². The molecule has 0 saturated heterocycles. The van der Waals surface area contributed by atoms with E-state index in [4.69, 9.17) is 4.74 Å². The number of rotatable bonds is 5. The van der Waals surface area contributed by atoms with Crippen molar-refractivity contribution in [3.8, 4) is 0 Å². The molecule has 0 unspecified atom stereocenters. The molecule has 25 heavy (non-hydrogen) atoms. The van der Waals surface area contributed by atoms with Gasteiger partial charge in [-0.3, -0.25) is 0 Å². The predicted octanol–water partition coefficient (Wildman–Crippen LogP) is 5.56. The molecule has 2 nitrogen and oxygen atoms in total. The molecule has 0 aromatic heterocycles. The summed E-state index contributed by atoms with van der Waals surface area (Å²) in [6.45, 7) is 5.57. The molecule has 130 valence electrons. The summed E-state index contributed by atoms with van der Waals surface area (Å²) in [7, 11) is 0. The molecule has 2 aromatic carbocycles. The van der Waals surface area contributed by atoms with E-state index < -0.39 is 0 Å². The Morgan fingerprint density at radius 3 is 2.16 bits per heavy atom. The van der Waals surface area contributed by atoms with E-state index in [1.807, 2.05) is 0 Å². The Morgan fingerprint density at radius 1 is 0.960 bits per heavy atom. The Labute approximate surface area is 150 Å². The second-order valence-corrected chi connectivity index (χ2v) is 7.06. The lowest BCUT2D eigenvalue weighted by Crippen LogP contribution is -2.30. The molecule has 0 radical (unpaired) electrons. The van der Waals surface area contributed by atoms with Gasteiger partial charge in [0.1, 0.15) is 6.61 Å². The van der Waals surface area contributed by atoms with Gasteiger partial charge in [-0.1, -0.05) is 80.4 Å². The molecule has 1 aliphatic carbocycles. The fourth-order valence-corrected chi connectivity index (χ4v) is 3.85. The van der Waals surface area contributed by atoms with Crippen molar-refractivity contribution in [3.63, 3.8) is 0 Å². The molecule has 1 aliphatic rings. The molecule has 3 rings (SSSR count). The lowest BCUT2D eigenvalue weighted by Gasteiger charge is -2.38. The van der Waals surface area contributed by atoms with E-state index in [9.17, 15) is 4.79 Å². The van der Waals surface area contributed by atoms with E-state index in [2.05, 4.69) is 61.2 Å². The van der Waals surface area contributed by atoms with Gasteiger partial charge in [-0.15, -0.1) is 0 Å². The van der Waals surface area contributed by atoms with Gasteiger partial charge in [-0.25, -0.2) is 4.79 Å². The monoisotopic (exact) mass is 334 g/mol. The summed E-state index contributed by atoms with van der Waals surface area (Å²) in [5.74, 6) is -0.336. The number of hydrogen-bond donors (Lipinski definition) is 0. The summed E-state index contributed by atoms with van der Waals surface area (Å²) in [6.07, 6.45) is 6.26. The summed E-state index contributed by atoms with van der Waals surface area (Å²) in [5, 5.41) is 0. The summed E-state index contributed by atoms with van der Waals surface area (Å²) in [6, 6.07) is 19.5. The van der Waals surface area contributed by atoms with Crippen LogP contribution in [0.1, 0.15) is 55.7 Å². The van der Waals surface area contributed by atoms with Crippen molar-refractivity contribution < 1.29 is 9.53 Å². The SMILES string of the molecule is C=C(C)C(=O)OCc1ccc(C2(c3ccccc3)CCCCC2)cc1. The van der Waals surface area contributed by atoms with Crippen LogP contribution in [0.3, 0.4) is 0 Å². The van der Waals surface area contributed by atoms with Crippen LogP contribution < -0.4 is 0 Å². The minimum absolute atomic E-state index is 0.117. The number of esters is 1. The zero-order chi connectivity index (χ0) is 17.7. The standard InChI is InChI=1S/C23H26O2/c1-18(2)22(24)25-17-19-11-13-21(14-12-19)23(15-7-4-8-16-23)20-9-5-3-6-10-20/h3,5-6,9-14H,1,4,7-8,15-17H2,2H3. The van der Waals surface area contributed by atoms with Crippen LogP contribution in [0, 0.1) is 0 Å². The Hall–Kier alpha value is -2.35. The van der Waals surface area contributed by atoms with Gasteiger partial charge in [0.15, 0.2) is 0 Å². The van der Waals surface area contributed by atoms with Gasteiger partial charge in [-0.05, 0) is 36.5 Å². The highest BCUT2D eigenvalue weighted by atomic mass is 16.5. The molecular weight excluding hydrogens is 308 g/mol. The highest BCUT2D eigenvalue weighted by Crippen LogP contribution is 2.44. The molecule has 0 heterocycles. The first-order valence-corrected chi connectivity index (χ1v) is 9.09. The predicted molar refractivity (Wildman–Crippen MR) is 101 cm³/mol. The molecule has 2 heteroatoms. The Balaban J connectivity index is 1.83. The normalized spacial score (nSPS) is 16.2. The van der Waals surface area contributed by atoms with Gasteiger partial charge in [0.05, 0.1) is 0 Å². The smallest absolute Gasteiger partial charge is 0.333 e. The third kappa shape index (κ3) is 3.84. The van der Waals surface area contributed by atoms with Gasteiger partial charge in [0.25, 0.3) is 0 Å². The number of carbonyl (C=O) groups is 1. The zero-order valence-electron chi connectivity index (χ0n) is 15.0. The van der Waals surface area contributed by atoms with E-state index in [1.165, 1.54) is 43.2 Å². The van der Waals surface area contributed by atoms with Crippen molar-refractivity contribution in [2.45, 2.75) is 51.0 Å². The lowest BCUT2D eigenvalue weighted by atomic mass is 9.65. The van der Waals surface area contributed by atoms with Crippen LogP contribution >= 0.6 is 0 Å². The van der Waals surface area contributed by atoms with Crippen molar-refractivity contribution in [3.05, 3.63) is 83.4 Å².